The number of fused-ring (bicyclic) bond motifs is 4. The molecule has 0 atom stereocenters. The van der Waals surface area contributed by atoms with Gasteiger partial charge < -0.3 is 39.2 Å². The van der Waals surface area contributed by atoms with Crippen molar-refractivity contribution in [2.45, 2.75) is 13.8 Å². The SMILES string of the molecule is CCN(CC)CCNc1c2ccccc2[n+](C)c2c1[nH]c1c(F)cc(F)cc12.[I-]. The quantitative estimate of drug-likeness (QED) is 0.304. The average Bonchev–Trinajstić information content (AvgIpc) is 3.07. The number of hydrogen-bond donors (Lipinski definition) is 2. The lowest BCUT2D eigenvalue weighted by Crippen LogP contribution is -3.00. The summed E-state index contributed by atoms with van der Waals surface area (Å²) < 4.78 is 30.4. The van der Waals surface area contributed by atoms with Crippen LogP contribution in [0.1, 0.15) is 13.8 Å². The Morgan fingerprint density at radius 1 is 1.03 bits per heavy atom. The van der Waals surface area contributed by atoms with Crippen LogP contribution in [0.5, 0.6) is 0 Å². The molecule has 0 aliphatic heterocycles. The number of halogens is 3. The number of rotatable bonds is 6. The summed E-state index contributed by atoms with van der Waals surface area (Å²) in [5.41, 5.74) is 3.84. The van der Waals surface area contributed by atoms with E-state index in [0.29, 0.717) is 10.9 Å². The van der Waals surface area contributed by atoms with Crippen LogP contribution in [0.2, 0.25) is 0 Å². The van der Waals surface area contributed by atoms with Crippen molar-refractivity contribution < 1.29 is 37.3 Å². The molecule has 29 heavy (non-hydrogen) atoms. The smallest absolute Gasteiger partial charge is 0.241 e. The van der Waals surface area contributed by atoms with Crippen LogP contribution in [0.4, 0.5) is 14.5 Å². The molecule has 2 aromatic carbocycles. The molecule has 2 N–H and O–H groups in total. The van der Waals surface area contributed by atoms with Gasteiger partial charge in [0.25, 0.3) is 0 Å². The molecule has 0 radical (unpaired) electrons. The number of anilines is 1. The first-order valence-corrected chi connectivity index (χ1v) is 9.72. The Labute approximate surface area is 185 Å². The highest BCUT2D eigenvalue weighted by Gasteiger charge is 2.24. The molecule has 154 valence electrons. The minimum Gasteiger partial charge on any atom is -1.00 e. The van der Waals surface area contributed by atoms with Gasteiger partial charge in [-0.2, -0.15) is 4.57 Å². The fourth-order valence-corrected chi connectivity index (χ4v) is 4.03. The van der Waals surface area contributed by atoms with E-state index in [1.54, 1.807) is 0 Å². The monoisotopic (exact) mass is 510 g/mol. The van der Waals surface area contributed by atoms with Gasteiger partial charge >= 0.3 is 0 Å². The fraction of sp³-hybridized carbons (Fsp3) is 0.318. The molecule has 0 saturated heterocycles. The van der Waals surface area contributed by atoms with Crippen molar-refractivity contribution in [3.8, 4) is 0 Å². The van der Waals surface area contributed by atoms with Crippen LogP contribution in [0.25, 0.3) is 32.8 Å². The second-order valence-electron chi connectivity index (χ2n) is 7.06. The van der Waals surface area contributed by atoms with E-state index in [1.165, 1.54) is 6.07 Å². The van der Waals surface area contributed by atoms with E-state index < -0.39 is 11.6 Å². The first kappa shape index (κ1) is 21.7. The number of benzene rings is 2. The summed E-state index contributed by atoms with van der Waals surface area (Å²) in [6.07, 6.45) is 0. The van der Waals surface area contributed by atoms with Crippen LogP contribution in [0.15, 0.2) is 36.4 Å². The summed E-state index contributed by atoms with van der Waals surface area (Å²) in [6.45, 7) is 7.96. The largest absolute Gasteiger partial charge is 1.00 e. The number of hydrogen-bond acceptors (Lipinski definition) is 2. The van der Waals surface area contributed by atoms with Crippen molar-refractivity contribution in [3.63, 3.8) is 0 Å². The van der Waals surface area contributed by atoms with Gasteiger partial charge in [0.05, 0.1) is 22.0 Å². The summed E-state index contributed by atoms with van der Waals surface area (Å²) in [5.74, 6) is -1.15. The number of aromatic nitrogens is 2. The lowest BCUT2D eigenvalue weighted by Gasteiger charge is -2.19. The first-order chi connectivity index (χ1) is 13.5. The summed E-state index contributed by atoms with van der Waals surface area (Å²) in [7, 11) is 1.93. The van der Waals surface area contributed by atoms with Gasteiger partial charge in [-0.15, -0.1) is 0 Å². The Balaban J connectivity index is 0.00000240. The molecule has 2 aromatic heterocycles. The second-order valence-corrected chi connectivity index (χ2v) is 7.06. The zero-order chi connectivity index (χ0) is 19.8. The third-order valence-corrected chi connectivity index (χ3v) is 5.54. The van der Waals surface area contributed by atoms with Crippen LogP contribution >= 0.6 is 0 Å². The second kappa shape index (κ2) is 8.79. The normalized spacial score (nSPS) is 11.5. The van der Waals surface area contributed by atoms with Crippen molar-refractivity contribution in [1.29, 1.82) is 0 Å². The van der Waals surface area contributed by atoms with Gasteiger partial charge in [-0.05, 0) is 25.2 Å². The van der Waals surface area contributed by atoms with Crippen LogP contribution < -0.4 is 33.9 Å². The standard InChI is InChI=1S/C22H24F2N4.HI/c1-4-28(5-2)11-10-25-20-15-8-6-7-9-18(15)27(3)22-16-12-14(23)13-17(24)19(16)26-21(20)22;/h6-9,12-13H,4-5,10-11H2,1-3H3,(H,25,26);1H. The van der Waals surface area contributed by atoms with E-state index in [9.17, 15) is 8.78 Å². The maximum Gasteiger partial charge on any atom is 0.241 e. The number of H-pyrrole nitrogens is 1. The zero-order valence-electron chi connectivity index (χ0n) is 16.8. The number of nitrogens with zero attached hydrogens (tertiary/aromatic N) is 2. The first-order valence-electron chi connectivity index (χ1n) is 9.72. The van der Waals surface area contributed by atoms with Gasteiger partial charge in [-0.1, -0.05) is 26.0 Å². The van der Waals surface area contributed by atoms with Crippen molar-refractivity contribution >= 4 is 38.5 Å². The molecule has 2 heterocycles. The highest BCUT2D eigenvalue weighted by molar-refractivity contribution is 6.13. The van der Waals surface area contributed by atoms with Gasteiger partial charge in [-0.25, -0.2) is 8.78 Å². The number of likely N-dealkylation sites (N-methyl/N-ethyl adjacent to an activating group) is 1. The van der Waals surface area contributed by atoms with E-state index in [1.807, 2.05) is 29.8 Å². The van der Waals surface area contributed by atoms with Gasteiger partial charge in [0.15, 0.2) is 0 Å². The van der Waals surface area contributed by atoms with Crippen molar-refractivity contribution in [3.05, 3.63) is 48.0 Å². The molecule has 0 bridgehead atoms. The Hall–Kier alpha value is -2.00. The third kappa shape index (κ3) is 3.77. The minimum absolute atomic E-state index is 0. The molecule has 0 unspecified atom stereocenters. The highest BCUT2D eigenvalue weighted by atomic mass is 127. The van der Waals surface area contributed by atoms with E-state index in [0.717, 1.165) is 59.9 Å². The van der Waals surface area contributed by atoms with Gasteiger partial charge in [0.2, 0.25) is 11.0 Å². The van der Waals surface area contributed by atoms with E-state index >= 15 is 0 Å². The lowest BCUT2D eigenvalue weighted by atomic mass is 10.1. The Morgan fingerprint density at radius 3 is 2.48 bits per heavy atom. The molecule has 0 aliphatic rings. The fourth-order valence-electron chi connectivity index (χ4n) is 4.03. The molecule has 0 amide bonds. The topological polar surface area (TPSA) is 34.9 Å². The summed E-state index contributed by atoms with van der Waals surface area (Å²) in [4.78, 5) is 5.55. The van der Waals surface area contributed by atoms with Crippen molar-refractivity contribution in [2.75, 3.05) is 31.5 Å². The summed E-state index contributed by atoms with van der Waals surface area (Å²) in [6, 6.07) is 10.4. The summed E-state index contributed by atoms with van der Waals surface area (Å²) in [5, 5.41) is 5.14. The summed E-state index contributed by atoms with van der Waals surface area (Å²) >= 11 is 0. The van der Waals surface area contributed by atoms with E-state index in [-0.39, 0.29) is 24.0 Å². The molecule has 0 fully saturated rings. The maximum absolute atomic E-state index is 14.4. The number of aromatic amines is 1. The van der Waals surface area contributed by atoms with Crippen molar-refractivity contribution in [1.82, 2.24) is 9.88 Å². The van der Waals surface area contributed by atoms with Crippen LogP contribution in [-0.4, -0.2) is 36.1 Å². The van der Waals surface area contributed by atoms with Crippen LogP contribution in [0, 0.1) is 11.6 Å². The Morgan fingerprint density at radius 2 is 1.76 bits per heavy atom. The van der Waals surface area contributed by atoms with Crippen LogP contribution in [0.3, 0.4) is 0 Å². The van der Waals surface area contributed by atoms with E-state index in [4.69, 9.17) is 0 Å². The predicted molar refractivity (Wildman–Crippen MR) is 111 cm³/mol. The van der Waals surface area contributed by atoms with Crippen molar-refractivity contribution in [2.24, 2.45) is 7.05 Å². The third-order valence-electron chi connectivity index (χ3n) is 5.54. The highest BCUT2D eigenvalue weighted by Crippen LogP contribution is 2.34. The molecule has 4 rings (SSSR count). The lowest BCUT2D eigenvalue weighted by molar-refractivity contribution is -0.616. The average molecular weight is 510 g/mol. The van der Waals surface area contributed by atoms with E-state index in [2.05, 4.69) is 35.1 Å². The maximum atomic E-state index is 14.4. The molecule has 7 heteroatoms. The number of pyridine rings is 1. The molecule has 4 aromatic rings. The molecular weight excluding hydrogens is 485 g/mol. The Bertz CT molecular complexity index is 1170. The van der Waals surface area contributed by atoms with Gasteiger partial charge in [-0.3, -0.25) is 0 Å². The Kier molecular flexibility index (Phi) is 6.58. The molecule has 0 aliphatic carbocycles. The van der Waals surface area contributed by atoms with Gasteiger partial charge in [0, 0.05) is 25.2 Å². The van der Waals surface area contributed by atoms with Gasteiger partial charge in [0.1, 0.15) is 24.2 Å². The number of aryl methyl sites for hydroxylation is 1. The molecule has 4 nitrogen and oxygen atoms in total. The zero-order valence-corrected chi connectivity index (χ0v) is 19.0. The number of nitrogens with one attached hydrogen (secondary N) is 2. The van der Waals surface area contributed by atoms with Crippen LogP contribution in [-0.2, 0) is 7.05 Å². The molecule has 0 saturated carbocycles. The predicted octanol–water partition coefficient (Wildman–Crippen LogP) is 1.33. The molecule has 0 spiro atoms. The minimum atomic E-state index is -0.579. The molecular formula is C22H25F2IN4. The number of para-hydroxylation sites is 1.